The second kappa shape index (κ2) is 23.5. The molecule has 6 amide bonds. The van der Waals surface area contributed by atoms with E-state index in [0.717, 1.165) is 33.4 Å². The lowest BCUT2D eigenvalue weighted by atomic mass is 9.97. The zero-order chi connectivity index (χ0) is 47.8. The van der Waals surface area contributed by atoms with E-state index >= 15 is 9.59 Å². The molecule has 6 aromatic carbocycles. The van der Waals surface area contributed by atoms with Gasteiger partial charge >= 0.3 is 0 Å². The van der Waals surface area contributed by atoms with Crippen LogP contribution in [0.4, 0.5) is 0 Å². The highest BCUT2D eigenvalue weighted by Gasteiger charge is 2.39. The summed E-state index contributed by atoms with van der Waals surface area (Å²) in [6, 6.07) is 48.2. The Morgan fingerprint density at radius 3 is 0.750 bits per heavy atom. The quantitative estimate of drug-likeness (QED) is 0.135. The van der Waals surface area contributed by atoms with Gasteiger partial charge in [0.15, 0.2) is 0 Å². The molecule has 0 aliphatic carbocycles. The predicted octanol–water partition coefficient (Wildman–Crippen LogP) is 5.05. The van der Waals surface area contributed by atoms with Crippen LogP contribution < -0.4 is 21.3 Å². The molecule has 7 rings (SSSR count). The van der Waals surface area contributed by atoms with Crippen molar-refractivity contribution < 1.29 is 28.8 Å². The molecular weight excluding hydrogens is 853 g/mol. The molecule has 0 spiro atoms. The van der Waals surface area contributed by atoms with Crippen LogP contribution in [0.3, 0.4) is 0 Å². The van der Waals surface area contributed by atoms with E-state index in [1.165, 1.54) is 23.9 Å². The highest BCUT2D eigenvalue weighted by Crippen LogP contribution is 2.18. The van der Waals surface area contributed by atoms with Crippen molar-refractivity contribution >= 4 is 35.4 Å². The van der Waals surface area contributed by atoms with Gasteiger partial charge in [-0.1, -0.05) is 182 Å². The first kappa shape index (κ1) is 48.1. The minimum absolute atomic E-state index is 0.0603. The van der Waals surface area contributed by atoms with Gasteiger partial charge in [0.1, 0.15) is 36.3 Å². The van der Waals surface area contributed by atoms with Gasteiger partial charge in [0, 0.05) is 52.6 Å². The molecule has 348 valence electrons. The van der Waals surface area contributed by atoms with Crippen molar-refractivity contribution in [3.8, 4) is 0 Å². The fraction of sp³-hybridized carbons (Fsp3) is 0.250. The number of hydrogen-bond donors (Lipinski definition) is 4. The fourth-order valence-corrected chi connectivity index (χ4v) is 8.58. The molecule has 1 aliphatic rings. The molecule has 0 radical (unpaired) electrons. The highest BCUT2D eigenvalue weighted by atomic mass is 16.2. The summed E-state index contributed by atoms with van der Waals surface area (Å²) in [7, 11) is 3.04. The molecule has 1 aliphatic heterocycles. The summed E-state index contributed by atoms with van der Waals surface area (Å²) >= 11 is 0. The minimum Gasteiger partial charge on any atom is -0.342 e. The summed E-state index contributed by atoms with van der Waals surface area (Å²) in [6.45, 7) is 0. The van der Waals surface area contributed by atoms with Gasteiger partial charge in [-0.25, -0.2) is 0 Å². The van der Waals surface area contributed by atoms with Crippen LogP contribution in [-0.2, 0) is 67.3 Å². The lowest BCUT2D eigenvalue weighted by molar-refractivity contribution is -0.144. The third kappa shape index (κ3) is 13.2. The van der Waals surface area contributed by atoms with Gasteiger partial charge in [0.25, 0.3) is 0 Å². The zero-order valence-corrected chi connectivity index (χ0v) is 38.4. The Morgan fingerprint density at radius 2 is 0.500 bits per heavy atom. The van der Waals surface area contributed by atoms with E-state index in [-0.39, 0.29) is 38.5 Å². The van der Waals surface area contributed by atoms with E-state index in [4.69, 9.17) is 0 Å². The standard InChI is InChI=1S/C56H58N6O6/c1-61-49(37-43-29-17-7-18-30-43)53(65)57-45(33-39-21-9-3-10-22-39)52(64)60-48(36-42-27-15-6-16-28-42)56(68)62(2)50(38-44-31-19-8-20-32-44)54(66)58-46(34-40-23-11-4-12-24-40)51(63)59-47(55(61)67)35-41-25-13-5-14-26-41/h3-32,45-50H,33-38H2,1-2H3,(H,57,65)(H,58,66)(H,59,63)(H,60,64)/t45-,46-,47-,48-,49+,50+/m0/s1. The first-order valence-electron chi connectivity index (χ1n) is 23.0. The number of nitrogens with zero attached hydrogens (tertiary/aromatic N) is 2. The number of carbonyl (C=O) groups is 6. The molecular formula is C56H58N6O6. The third-order valence-corrected chi connectivity index (χ3v) is 12.4. The van der Waals surface area contributed by atoms with Crippen LogP contribution in [0.25, 0.3) is 0 Å². The fourth-order valence-electron chi connectivity index (χ4n) is 8.58. The van der Waals surface area contributed by atoms with E-state index in [0.29, 0.717) is 0 Å². The first-order valence-corrected chi connectivity index (χ1v) is 23.0. The SMILES string of the molecule is CN1C(=O)[C@H](Cc2ccccc2)NC(=O)[C@H](Cc2ccccc2)NC(=O)[C@@H](Cc2ccccc2)N(C)C(=O)[C@H](Cc2ccccc2)NC(=O)[C@H](Cc2ccccc2)NC(=O)[C@H]1Cc1ccccc1. The molecule has 0 saturated carbocycles. The topological polar surface area (TPSA) is 157 Å². The van der Waals surface area contributed by atoms with Crippen LogP contribution in [0, 0.1) is 0 Å². The molecule has 1 saturated heterocycles. The summed E-state index contributed by atoms with van der Waals surface area (Å²) < 4.78 is 0. The van der Waals surface area contributed by atoms with Crippen molar-refractivity contribution in [1.82, 2.24) is 31.1 Å². The summed E-state index contributed by atoms with van der Waals surface area (Å²) in [6.07, 6.45) is 0.412. The zero-order valence-electron chi connectivity index (χ0n) is 38.4. The molecule has 12 nitrogen and oxygen atoms in total. The van der Waals surface area contributed by atoms with Gasteiger partial charge in [-0.3, -0.25) is 28.8 Å². The lowest BCUT2D eigenvalue weighted by Gasteiger charge is -2.35. The molecule has 0 bridgehead atoms. The summed E-state index contributed by atoms with van der Waals surface area (Å²) in [5.41, 5.74) is 4.52. The van der Waals surface area contributed by atoms with Gasteiger partial charge in [0.2, 0.25) is 35.4 Å². The van der Waals surface area contributed by atoms with E-state index in [9.17, 15) is 19.2 Å². The lowest BCUT2D eigenvalue weighted by Crippen LogP contribution is -2.63. The second-order valence-corrected chi connectivity index (χ2v) is 17.3. The van der Waals surface area contributed by atoms with Crippen molar-refractivity contribution in [1.29, 1.82) is 0 Å². The van der Waals surface area contributed by atoms with Gasteiger partial charge in [-0.15, -0.1) is 0 Å². The average molecular weight is 911 g/mol. The number of hydrogen-bond acceptors (Lipinski definition) is 6. The Labute approximate surface area is 398 Å². The maximum atomic E-state index is 15.1. The molecule has 6 atom stereocenters. The van der Waals surface area contributed by atoms with Crippen molar-refractivity contribution in [2.45, 2.75) is 74.8 Å². The summed E-state index contributed by atoms with van der Waals surface area (Å²) in [5.74, 6) is -3.56. The van der Waals surface area contributed by atoms with Gasteiger partial charge in [0.05, 0.1) is 0 Å². The Bertz CT molecular complexity index is 2420. The first-order chi connectivity index (χ1) is 33.0. The molecule has 68 heavy (non-hydrogen) atoms. The van der Waals surface area contributed by atoms with Crippen LogP contribution >= 0.6 is 0 Å². The number of amides is 6. The van der Waals surface area contributed by atoms with Crippen LogP contribution in [-0.4, -0.2) is 95.6 Å². The molecule has 1 heterocycles. The number of benzene rings is 6. The molecule has 4 N–H and O–H groups in total. The van der Waals surface area contributed by atoms with E-state index in [2.05, 4.69) is 21.3 Å². The average Bonchev–Trinajstić information content (AvgIpc) is 3.37. The van der Waals surface area contributed by atoms with E-state index in [1.54, 1.807) is 0 Å². The maximum absolute atomic E-state index is 15.1. The molecule has 12 heteroatoms. The molecule has 6 aromatic rings. The van der Waals surface area contributed by atoms with E-state index < -0.39 is 71.7 Å². The number of carbonyl (C=O) groups excluding carboxylic acids is 6. The summed E-state index contributed by atoms with van der Waals surface area (Å²) in [5, 5.41) is 11.9. The van der Waals surface area contributed by atoms with Crippen LogP contribution in [0.5, 0.6) is 0 Å². The Balaban J connectivity index is 1.35. The van der Waals surface area contributed by atoms with Crippen LogP contribution in [0.1, 0.15) is 33.4 Å². The van der Waals surface area contributed by atoms with Gasteiger partial charge in [-0.2, -0.15) is 0 Å². The summed E-state index contributed by atoms with van der Waals surface area (Å²) in [4.78, 5) is 92.4. The minimum atomic E-state index is -1.20. The third-order valence-electron chi connectivity index (χ3n) is 12.4. The largest absolute Gasteiger partial charge is 0.342 e. The number of likely N-dealkylation sites (N-methyl/N-ethyl adjacent to an activating group) is 2. The normalized spacial score (nSPS) is 21.1. The monoisotopic (exact) mass is 910 g/mol. The van der Waals surface area contributed by atoms with Crippen molar-refractivity contribution in [3.63, 3.8) is 0 Å². The predicted molar refractivity (Wildman–Crippen MR) is 262 cm³/mol. The van der Waals surface area contributed by atoms with Gasteiger partial charge < -0.3 is 31.1 Å². The Morgan fingerprint density at radius 1 is 0.294 bits per heavy atom. The smallest absolute Gasteiger partial charge is 0.245 e. The molecule has 1 fully saturated rings. The van der Waals surface area contributed by atoms with Crippen molar-refractivity contribution in [2.75, 3.05) is 14.1 Å². The van der Waals surface area contributed by atoms with Crippen LogP contribution in [0.15, 0.2) is 182 Å². The van der Waals surface area contributed by atoms with Crippen LogP contribution in [0.2, 0.25) is 0 Å². The highest BCUT2D eigenvalue weighted by molar-refractivity contribution is 5.98. The van der Waals surface area contributed by atoms with Crippen molar-refractivity contribution in [3.05, 3.63) is 215 Å². The Hall–Kier alpha value is -7.86. The van der Waals surface area contributed by atoms with E-state index in [1.807, 2.05) is 182 Å². The maximum Gasteiger partial charge on any atom is 0.245 e. The Kier molecular flexibility index (Phi) is 16.7. The number of nitrogens with one attached hydrogen (secondary N) is 4. The second-order valence-electron chi connectivity index (χ2n) is 17.3. The van der Waals surface area contributed by atoms with Gasteiger partial charge in [-0.05, 0) is 33.4 Å². The van der Waals surface area contributed by atoms with Crippen molar-refractivity contribution in [2.24, 2.45) is 0 Å². The molecule has 0 unspecified atom stereocenters. The number of rotatable bonds is 12. The molecule has 0 aromatic heterocycles.